The van der Waals surface area contributed by atoms with Crippen LogP contribution in [0, 0.1) is 11.7 Å². The molecule has 2 rings (SSSR count). The number of nitrogens with zero attached hydrogens (tertiary/aromatic N) is 2. The minimum Gasteiger partial charge on any atom is -0.354 e. The topological polar surface area (TPSA) is 64.0 Å². The van der Waals surface area contributed by atoms with Crippen LogP contribution in [0.15, 0.2) is 41.5 Å². The van der Waals surface area contributed by atoms with E-state index in [1.807, 2.05) is 13.8 Å². The van der Waals surface area contributed by atoms with Crippen LogP contribution in [0.4, 0.5) is 4.39 Å². The van der Waals surface area contributed by atoms with Crippen molar-refractivity contribution < 1.29 is 9.18 Å². The molecule has 5 nitrogen and oxygen atoms in total. The van der Waals surface area contributed by atoms with Gasteiger partial charge in [-0.2, -0.15) is 0 Å². The fourth-order valence-corrected chi connectivity index (χ4v) is 1.85. The van der Waals surface area contributed by atoms with Crippen molar-refractivity contribution in [1.82, 2.24) is 14.9 Å². The highest BCUT2D eigenvalue weighted by molar-refractivity contribution is 5.75. The van der Waals surface area contributed by atoms with Crippen molar-refractivity contribution in [2.24, 2.45) is 5.92 Å². The first-order valence-electron chi connectivity index (χ1n) is 7.05. The molecule has 2 aromatic rings. The zero-order chi connectivity index (χ0) is 16.1. The van der Waals surface area contributed by atoms with Crippen molar-refractivity contribution >= 4 is 5.91 Å². The predicted octanol–water partition coefficient (Wildman–Crippen LogP) is 1.82. The number of halogens is 1. The number of aromatic nitrogens is 2. The van der Waals surface area contributed by atoms with Crippen LogP contribution < -0.4 is 10.9 Å². The summed E-state index contributed by atoms with van der Waals surface area (Å²) in [4.78, 5) is 27.9. The Morgan fingerprint density at radius 2 is 2.00 bits per heavy atom. The molecule has 6 heteroatoms. The number of carbonyl (C=O) groups is 1. The van der Waals surface area contributed by atoms with Crippen LogP contribution in [0.3, 0.4) is 0 Å². The quantitative estimate of drug-likeness (QED) is 0.916. The summed E-state index contributed by atoms with van der Waals surface area (Å²) in [6.45, 7) is 4.48. The Morgan fingerprint density at radius 3 is 2.59 bits per heavy atom. The minimum absolute atomic E-state index is 0.0672. The van der Waals surface area contributed by atoms with Crippen LogP contribution in [0.5, 0.6) is 0 Å². The average Bonchev–Trinajstić information content (AvgIpc) is 2.48. The maximum atomic E-state index is 12.9. The molecule has 1 aromatic heterocycles. The van der Waals surface area contributed by atoms with Gasteiger partial charge >= 0.3 is 0 Å². The summed E-state index contributed by atoms with van der Waals surface area (Å²) in [6, 6.07) is 7.06. The smallest absolute Gasteiger partial charge is 0.254 e. The Bertz CT molecular complexity index is 708. The van der Waals surface area contributed by atoms with Gasteiger partial charge in [-0.1, -0.05) is 13.8 Å². The summed E-state index contributed by atoms with van der Waals surface area (Å²) < 4.78 is 14.1. The van der Waals surface area contributed by atoms with E-state index in [-0.39, 0.29) is 23.8 Å². The van der Waals surface area contributed by atoms with E-state index in [0.717, 1.165) is 0 Å². The molecule has 0 spiro atoms. The van der Waals surface area contributed by atoms with Crippen LogP contribution in [-0.4, -0.2) is 22.0 Å². The Morgan fingerprint density at radius 1 is 1.32 bits per heavy atom. The number of hydrogen-bond donors (Lipinski definition) is 1. The Balaban J connectivity index is 2.11. The van der Waals surface area contributed by atoms with Gasteiger partial charge in [0, 0.05) is 18.2 Å². The third-order valence-electron chi connectivity index (χ3n) is 3.04. The number of hydrogen-bond acceptors (Lipinski definition) is 3. The summed E-state index contributed by atoms with van der Waals surface area (Å²) >= 11 is 0. The van der Waals surface area contributed by atoms with Crippen molar-refractivity contribution in [1.29, 1.82) is 0 Å². The summed E-state index contributed by atoms with van der Waals surface area (Å²) in [6.07, 6.45) is 1.33. The molecule has 1 amide bonds. The molecule has 0 saturated heterocycles. The number of amides is 1. The summed E-state index contributed by atoms with van der Waals surface area (Å²) in [5, 5.41) is 2.74. The molecule has 1 aromatic carbocycles. The van der Waals surface area contributed by atoms with Gasteiger partial charge in [0.05, 0.1) is 12.0 Å². The third-order valence-corrected chi connectivity index (χ3v) is 3.04. The van der Waals surface area contributed by atoms with E-state index in [0.29, 0.717) is 23.7 Å². The van der Waals surface area contributed by atoms with Gasteiger partial charge in [0.15, 0.2) is 0 Å². The van der Waals surface area contributed by atoms with Gasteiger partial charge in [-0.15, -0.1) is 0 Å². The van der Waals surface area contributed by atoms with Crippen molar-refractivity contribution in [3.8, 4) is 11.3 Å². The van der Waals surface area contributed by atoms with Crippen molar-refractivity contribution in [3.63, 3.8) is 0 Å². The Kier molecular flexibility index (Phi) is 5.04. The summed E-state index contributed by atoms with van der Waals surface area (Å²) in [5.74, 6) is -0.231. The molecule has 116 valence electrons. The monoisotopic (exact) mass is 303 g/mol. The highest BCUT2D eigenvalue weighted by atomic mass is 19.1. The van der Waals surface area contributed by atoms with Gasteiger partial charge in [-0.05, 0) is 30.2 Å². The lowest BCUT2D eigenvalue weighted by molar-refractivity contribution is -0.121. The second-order valence-corrected chi connectivity index (χ2v) is 5.45. The van der Waals surface area contributed by atoms with Gasteiger partial charge in [0.1, 0.15) is 12.4 Å². The lowest BCUT2D eigenvalue weighted by Crippen LogP contribution is -2.34. The molecular formula is C16H18FN3O2. The van der Waals surface area contributed by atoms with Gasteiger partial charge in [-0.3, -0.25) is 14.2 Å². The maximum absolute atomic E-state index is 12.9. The van der Waals surface area contributed by atoms with Gasteiger partial charge in [0.25, 0.3) is 5.56 Å². The molecule has 0 aliphatic carbocycles. The average molecular weight is 303 g/mol. The molecule has 0 aliphatic heterocycles. The van der Waals surface area contributed by atoms with E-state index in [1.54, 1.807) is 12.1 Å². The Hall–Kier alpha value is -2.50. The molecule has 0 fully saturated rings. The number of rotatable bonds is 5. The maximum Gasteiger partial charge on any atom is 0.254 e. The molecule has 0 saturated carbocycles. The van der Waals surface area contributed by atoms with E-state index in [4.69, 9.17) is 0 Å². The van der Waals surface area contributed by atoms with E-state index in [2.05, 4.69) is 10.3 Å². The molecule has 1 N–H and O–H groups in total. The second kappa shape index (κ2) is 6.98. The van der Waals surface area contributed by atoms with Crippen molar-refractivity contribution in [2.75, 3.05) is 6.54 Å². The van der Waals surface area contributed by atoms with E-state index in [1.165, 1.54) is 29.1 Å². The lowest BCUT2D eigenvalue weighted by Gasteiger charge is -2.09. The SMILES string of the molecule is CC(C)CNC(=O)Cn1cnc(-c2ccc(F)cc2)cc1=O. The largest absolute Gasteiger partial charge is 0.354 e. The van der Waals surface area contributed by atoms with E-state index < -0.39 is 0 Å². The molecule has 0 atom stereocenters. The van der Waals surface area contributed by atoms with E-state index >= 15 is 0 Å². The molecule has 1 heterocycles. The summed E-state index contributed by atoms with van der Waals surface area (Å²) in [5.41, 5.74) is 0.771. The van der Waals surface area contributed by atoms with Crippen LogP contribution in [0.1, 0.15) is 13.8 Å². The van der Waals surface area contributed by atoms with Crippen LogP contribution in [-0.2, 0) is 11.3 Å². The minimum atomic E-state index is -0.348. The lowest BCUT2D eigenvalue weighted by atomic mass is 10.1. The van der Waals surface area contributed by atoms with Gasteiger partial charge in [-0.25, -0.2) is 9.37 Å². The van der Waals surface area contributed by atoms with Crippen molar-refractivity contribution in [2.45, 2.75) is 20.4 Å². The van der Waals surface area contributed by atoms with Gasteiger partial charge < -0.3 is 5.32 Å². The number of carbonyl (C=O) groups excluding carboxylic acids is 1. The van der Waals surface area contributed by atoms with E-state index in [9.17, 15) is 14.0 Å². The fourth-order valence-electron chi connectivity index (χ4n) is 1.85. The predicted molar refractivity (Wildman–Crippen MR) is 81.7 cm³/mol. The molecule has 22 heavy (non-hydrogen) atoms. The standard InChI is InChI=1S/C16H18FN3O2/c1-11(2)8-18-15(21)9-20-10-19-14(7-16(20)22)12-3-5-13(17)6-4-12/h3-7,10-11H,8-9H2,1-2H3,(H,18,21). The van der Waals surface area contributed by atoms with Crippen LogP contribution >= 0.6 is 0 Å². The highest BCUT2D eigenvalue weighted by Crippen LogP contribution is 2.14. The first kappa shape index (κ1) is 15.9. The molecule has 0 unspecified atom stereocenters. The van der Waals surface area contributed by atoms with Crippen molar-refractivity contribution in [3.05, 3.63) is 52.8 Å². The molecule has 0 bridgehead atoms. The first-order chi connectivity index (χ1) is 10.5. The van der Waals surface area contributed by atoms with Gasteiger partial charge in [0.2, 0.25) is 5.91 Å². The van der Waals surface area contributed by atoms with Crippen LogP contribution in [0.25, 0.3) is 11.3 Å². The second-order valence-electron chi connectivity index (χ2n) is 5.45. The Labute approximate surface area is 127 Å². The zero-order valence-corrected chi connectivity index (χ0v) is 12.5. The normalized spacial score (nSPS) is 10.7. The summed E-state index contributed by atoms with van der Waals surface area (Å²) in [7, 11) is 0. The highest BCUT2D eigenvalue weighted by Gasteiger charge is 2.07. The third kappa shape index (κ3) is 4.25. The fraction of sp³-hybridized carbons (Fsp3) is 0.312. The zero-order valence-electron chi connectivity index (χ0n) is 12.5. The number of benzene rings is 1. The molecule has 0 aliphatic rings. The number of nitrogens with one attached hydrogen (secondary N) is 1. The first-order valence-corrected chi connectivity index (χ1v) is 7.05. The molecular weight excluding hydrogens is 285 g/mol. The molecule has 0 radical (unpaired) electrons. The van der Waals surface area contributed by atoms with Crippen LogP contribution in [0.2, 0.25) is 0 Å².